The fourth-order valence-electron chi connectivity index (χ4n) is 2.46. The molecule has 1 spiro atoms. The Bertz CT molecular complexity index is 218. The minimum atomic E-state index is -0.233. The first-order valence-electron chi connectivity index (χ1n) is 5.49. The van der Waals surface area contributed by atoms with E-state index in [0.29, 0.717) is 12.3 Å². The predicted molar refractivity (Wildman–Crippen MR) is 51.4 cm³/mol. The summed E-state index contributed by atoms with van der Waals surface area (Å²) in [5.41, 5.74) is 0. The second-order valence-corrected chi connectivity index (χ2v) is 4.25. The molecular formula is C11H17NO2. The van der Waals surface area contributed by atoms with Crippen molar-refractivity contribution in [3.05, 3.63) is 0 Å². The van der Waals surface area contributed by atoms with Gasteiger partial charge < -0.3 is 9.47 Å². The van der Waals surface area contributed by atoms with Crippen molar-refractivity contribution in [2.75, 3.05) is 13.2 Å². The average Bonchev–Trinajstić information content (AvgIpc) is 2.66. The molecule has 0 radical (unpaired) electrons. The van der Waals surface area contributed by atoms with Crippen molar-refractivity contribution >= 4 is 0 Å². The highest BCUT2D eigenvalue weighted by Crippen LogP contribution is 2.39. The zero-order valence-electron chi connectivity index (χ0n) is 8.50. The first kappa shape index (κ1) is 9.95. The highest BCUT2D eigenvalue weighted by molar-refractivity contribution is 4.83. The van der Waals surface area contributed by atoms with Gasteiger partial charge in [0.2, 0.25) is 0 Å². The van der Waals surface area contributed by atoms with Crippen molar-refractivity contribution in [1.29, 1.82) is 5.26 Å². The lowest BCUT2D eigenvalue weighted by atomic mass is 9.83. The van der Waals surface area contributed by atoms with Gasteiger partial charge in [-0.1, -0.05) is 0 Å². The van der Waals surface area contributed by atoms with Crippen LogP contribution in [0.2, 0.25) is 0 Å². The van der Waals surface area contributed by atoms with Gasteiger partial charge in [-0.25, -0.2) is 0 Å². The van der Waals surface area contributed by atoms with Crippen molar-refractivity contribution in [2.45, 2.75) is 44.3 Å². The maximum absolute atomic E-state index is 8.50. The number of nitrogens with zero attached hydrogens (tertiary/aromatic N) is 1. The number of nitriles is 1. The predicted octanol–water partition coefficient (Wildman–Crippen LogP) is 2.22. The molecule has 78 valence electrons. The maximum atomic E-state index is 8.50. The molecule has 1 saturated carbocycles. The standard InChI is InChI=1S/C11H17NO2/c12-7-1-2-10-3-5-11(6-4-10)13-8-9-14-11/h10H,1-6,8-9H2. The van der Waals surface area contributed by atoms with Gasteiger partial charge >= 0.3 is 0 Å². The van der Waals surface area contributed by atoms with Crippen molar-refractivity contribution in [1.82, 2.24) is 0 Å². The van der Waals surface area contributed by atoms with Crippen LogP contribution >= 0.6 is 0 Å². The van der Waals surface area contributed by atoms with Crippen LogP contribution < -0.4 is 0 Å². The zero-order chi connectivity index (χ0) is 9.86. The Morgan fingerprint density at radius 2 is 1.86 bits per heavy atom. The van der Waals surface area contributed by atoms with E-state index in [1.165, 1.54) is 0 Å². The molecule has 2 fully saturated rings. The van der Waals surface area contributed by atoms with Crippen molar-refractivity contribution in [3.63, 3.8) is 0 Å². The number of hydrogen-bond acceptors (Lipinski definition) is 3. The SMILES string of the molecule is N#CCCC1CCC2(CC1)OCCO2. The molecule has 0 amide bonds. The maximum Gasteiger partial charge on any atom is 0.168 e. The summed E-state index contributed by atoms with van der Waals surface area (Å²) in [6, 6.07) is 2.21. The number of ether oxygens (including phenoxy) is 2. The third-order valence-electron chi connectivity index (χ3n) is 3.34. The molecule has 1 saturated heterocycles. The summed E-state index contributed by atoms with van der Waals surface area (Å²) in [6.07, 6.45) is 6.08. The average molecular weight is 195 g/mol. The van der Waals surface area contributed by atoms with Crippen LogP contribution in [0.1, 0.15) is 38.5 Å². The van der Waals surface area contributed by atoms with Gasteiger partial charge in [-0.05, 0) is 25.2 Å². The number of hydrogen-bond donors (Lipinski definition) is 0. The van der Waals surface area contributed by atoms with Crippen LogP contribution in [-0.2, 0) is 9.47 Å². The van der Waals surface area contributed by atoms with Crippen LogP contribution in [0.25, 0.3) is 0 Å². The lowest BCUT2D eigenvalue weighted by Crippen LogP contribution is -2.35. The molecule has 3 heteroatoms. The summed E-state index contributed by atoms with van der Waals surface area (Å²) >= 11 is 0. The molecule has 2 rings (SSSR count). The third-order valence-corrected chi connectivity index (χ3v) is 3.34. The van der Waals surface area contributed by atoms with E-state index < -0.39 is 0 Å². The fourth-order valence-corrected chi connectivity index (χ4v) is 2.46. The summed E-state index contributed by atoms with van der Waals surface area (Å²) in [6.45, 7) is 1.51. The fraction of sp³-hybridized carbons (Fsp3) is 0.909. The van der Waals surface area contributed by atoms with Crippen molar-refractivity contribution in [2.24, 2.45) is 5.92 Å². The van der Waals surface area contributed by atoms with Crippen LogP contribution in [0.3, 0.4) is 0 Å². The van der Waals surface area contributed by atoms with E-state index in [1.807, 2.05) is 0 Å². The third kappa shape index (κ3) is 2.08. The monoisotopic (exact) mass is 195 g/mol. The number of rotatable bonds is 2. The molecule has 0 unspecified atom stereocenters. The molecule has 0 N–H and O–H groups in total. The molecule has 1 aliphatic carbocycles. The first-order chi connectivity index (χ1) is 6.85. The van der Waals surface area contributed by atoms with Gasteiger partial charge in [0.05, 0.1) is 19.3 Å². The Balaban J connectivity index is 1.77. The minimum Gasteiger partial charge on any atom is -0.348 e. The van der Waals surface area contributed by atoms with Crippen LogP contribution in [0, 0.1) is 17.2 Å². The molecule has 1 heterocycles. The van der Waals surface area contributed by atoms with E-state index in [-0.39, 0.29) is 5.79 Å². The molecule has 14 heavy (non-hydrogen) atoms. The molecular weight excluding hydrogens is 178 g/mol. The molecule has 0 aromatic heterocycles. The normalized spacial score (nSPS) is 26.5. The van der Waals surface area contributed by atoms with Crippen LogP contribution in [0.4, 0.5) is 0 Å². The summed E-state index contributed by atoms with van der Waals surface area (Å²) in [5.74, 6) is 0.483. The first-order valence-corrected chi connectivity index (χ1v) is 5.49. The van der Waals surface area contributed by atoms with Crippen LogP contribution in [-0.4, -0.2) is 19.0 Å². The van der Waals surface area contributed by atoms with Gasteiger partial charge in [-0.15, -0.1) is 0 Å². The second-order valence-electron chi connectivity index (χ2n) is 4.25. The van der Waals surface area contributed by atoms with Crippen molar-refractivity contribution < 1.29 is 9.47 Å². The molecule has 0 atom stereocenters. The summed E-state index contributed by atoms with van der Waals surface area (Å²) in [7, 11) is 0. The van der Waals surface area contributed by atoms with Gasteiger partial charge in [-0.3, -0.25) is 0 Å². The lowest BCUT2D eigenvalue weighted by molar-refractivity contribution is -0.182. The highest BCUT2D eigenvalue weighted by atomic mass is 16.7. The van der Waals surface area contributed by atoms with E-state index >= 15 is 0 Å². The second kappa shape index (κ2) is 4.29. The Labute approximate surface area is 85.0 Å². The Hall–Kier alpha value is -0.590. The van der Waals surface area contributed by atoms with Gasteiger partial charge in [0.15, 0.2) is 5.79 Å². The van der Waals surface area contributed by atoms with Gasteiger partial charge in [-0.2, -0.15) is 5.26 Å². The smallest absolute Gasteiger partial charge is 0.168 e. The van der Waals surface area contributed by atoms with E-state index in [4.69, 9.17) is 14.7 Å². The van der Waals surface area contributed by atoms with Gasteiger partial charge in [0, 0.05) is 19.3 Å². The topological polar surface area (TPSA) is 42.2 Å². The Kier molecular flexibility index (Phi) is 3.05. The quantitative estimate of drug-likeness (QED) is 0.678. The summed E-state index contributed by atoms with van der Waals surface area (Å²) < 4.78 is 11.3. The van der Waals surface area contributed by atoms with Gasteiger partial charge in [0.25, 0.3) is 0 Å². The van der Waals surface area contributed by atoms with Crippen LogP contribution in [0.15, 0.2) is 0 Å². The lowest BCUT2D eigenvalue weighted by Gasteiger charge is -2.35. The Morgan fingerprint density at radius 3 is 2.43 bits per heavy atom. The highest BCUT2D eigenvalue weighted by Gasteiger charge is 2.39. The minimum absolute atomic E-state index is 0.233. The summed E-state index contributed by atoms with van der Waals surface area (Å²) in [4.78, 5) is 0. The van der Waals surface area contributed by atoms with E-state index in [9.17, 15) is 0 Å². The Morgan fingerprint density at radius 1 is 1.21 bits per heavy atom. The molecule has 1 aliphatic heterocycles. The van der Waals surface area contributed by atoms with E-state index in [1.54, 1.807) is 0 Å². The van der Waals surface area contributed by atoms with Gasteiger partial charge in [0.1, 0.15) is 0 Å². The van der Waals surface area contributed by atoms with Crippen molar-refractivity contribution in [3.8, 4) is 6.07 Å². The van der Waals surface area contributed by atoms with Crippen LogP contribution in [0.5, 0.6) is 0 Å². The molecule has 0 aromatic carbocycles. The largest absolute Gasteiger partial charge is 0.348 e. The molecule has 3 nitrogen and oxygen atoms in total. The van der Waals surface area contributed by atoms with E-state index in [0.717, 1.165) is 45.3 Å². The molecule has 0 bridgehead atoms. The summed E-state index contributed by atoms with van der Waals surface area (Å²) in [5, 5.41) is 8.50. The molecule has 0 aromatic rings. The zero-order valence-corrected chi connectivity index (χ0v) is 8.50. The molecule has 2 aliphatic rings. The van der Waals surface area contributed by atoms with E-state index in [2.05, 4.69) is 6.07 Å².